The highest BCUT2D eigenvalue weighted by Gasteiger charge is 2.20. The zero-order valence-corrected chi connectivity index (χ0v) is 14.2. The number of amides is 3. The molecule has 0 bridgehead atoms. The van der Waals surface area contributed by atoms with Crippen LogP contribution in [0.2, 0.25) is 0 Å². The first-order valence-corrected chi connectivity index (χ1v) is 8.09. The Balaban J connectivity index is 2.60. The number of carbonyl (C=O) groups is 3. The van der Waals surface area contributed by atoms with Crippen LogP contribution in [0, 0.1) is 0 Å². The smallest absolute Gasteiger partial charge is 0.243 e. The van der Waals surface area contributed by atoms with Crippen molar-refractivity contribution in [3.63, 3.8) is 0 Å². The molecule has 24 heavy (non-hydrogen) atoms. The zero-order chi connectivity index (χ0) is 17.8. The number of hydrogen-bond acceptors (Lipinski definition) is 4. The van der Waals surface area contributed by atoms with Crippen LogP contribution in [-0.4, -0.2) is 50.4 Å². The molecule has 7 heteroatoms. The van der Waals surface area contributed by atoms with Crippen molar-refractivity contribution in [2.45, 2.75) is 25.8 Å². The summed E-state index contributed by atoms with van der Waals surface area (Å²) < 4.78 is 0. The number of rotatable bonds is 10. The molecule has 0 saturated heterocycles. The molecule has 0 aliphatic rings. The van der Waals surface area contributed by atoms with Crippen molar-refractivity contribution >= 4 is 17.7 Å². The molecule has 1 aromatic rings. The third-order valence-corrected chi connectivity index (χ3v) is 3.35. The van der Waals surface area contributed by atoms with Gasteiger partial charge in [0.2, 0.25) is 17.7 Å². The molecular weight excluding hydrogens is 308 g/mol. The molecule has 0 heterocycles. The summed E-state index contributed by atoms with van der Waals surface area (Å²) in [4.78, 5) is 35.5. The Bertz CT molecular complexity index is 534. The molecule has 0 radical (unpaired) electrons. The molecule has 1 rings (SSSR count). The third kappa shape index (κ3) is 7.73. The maximum Gasteiger partial charge on any atom is 0.243 e. The highest BCUT2D eigenvalue weighted by molar-refractivity contribution is 5.90. The molecule has 0 fully saturated rings. The van der Waals surface area contributed by atoms with Crippen molar-refractivity contribution < 1.29 is 14.4 Å². The Hall–Kier alpha value is -2.41. The number of aryl methyl sites for hydroxylation is 1. The van der Waals surface area contributed by atoms with E-state index >= 15 is 0 Å². The predicted molar refractivity (Wildman–Crippen MR) is 92.3 cm³/mol. The molecule has 7 nitrogen and oxygen atoms in total. The van der Waals surface area contributed by atoms with Gasteiger partial charge in [0.05, 0.1) is 13.1 Å². The van der Waals surface area contributed by atoms with E-state index in [1.807, 2.05) is 30.3 Å². The van der Waals surface area contributed by atoms with Crippen LogP contribution in [0.5, 0.6) is 0 Å². The SMILES string of the molecule is CCNC(=O)CNC(=O)[C@H](CCc1ccccc1)NC(=O)CNC. The van der Waals surface area contributed by atoms with Crippen LogP contribution in [0.25, 0.3) is 0 Å². The fraction of sp³-hybridized carbons (Fsp3) is 0.471. The van der Waals surface area contributed by atoms with Gasteiger partial charge in [0.15, 0.2) is 0 Å². The van der Waals surface area contributed by atoms with Gasteiger partial charge < -0.3 is 21.3 Å². The minimum Gasteiger partial charge on any atom is -0.355 e. The first-order valence-electron chi connectivity index (χ1n) is 8.09. The first kappa shape index (κ1) is 19.6. The van der Waals surface area contributed by atoms with Crippen LogP contribution < -0.4 is 21.3 Å². The molecule has 0 aliphatic carbocycles. The Morgan fingerprint density at radius 2 is 1.71 bits per heavy atom. The molecule has 132 valence electrons. The summed E-state index contributed by atoms with van der Waals surface area (Å²) >= 11 is 0. The predicted octanol–water partition coefficient (Wildman–Crippen LogP) is -0.424. The monoisotopic (exact) mass is 334 g/mol. The second-order valence-corrected chi connectivity index (χ2v) is 5.35. The quantitative estimate of drug-likeness (QED) is 0.467. The third-order valence-electron chi connectivity index (χ3n) is 3.35. The summed E-state index contributed by atoms with van der Waals surface area (Å²) in [5.74, 6) is -0.875. The zero-order valence-electron chi connectivity index (χ0n) is 14.2. The highest BCUT2D eigenvalue weighted by atomic mass is 16.2. The van der Waals surface area contributed by atoms with Gasteiger partial charge in [0.1, 0.15) is 6.04 Å². The van der Waals surface area contributed by atoms with E-state index in [2.05, 4.69) is 21.3 Å². The lowest BCUT2D eigenvalue weighted by Crippen LogP contribution is -2.50. The summed E-state index contributed by atoms with van der Waals surface area (Å²) in [5, 5.41) is 10.6. The van der Waals surface area contributed by atoms with Crippen molar-refractivity contribution in [3.8, 4) is 0 Å². The molecule has 0 spiro atoms. The lowest BCUT2D eigenvalue weighted by atomic mass is 10.0. The second kappa shape index (κ2) is 11.2. The van der Waals surface area contributed by atoms with Gasteiger partial charge in [-0.3, -0.25) is 14.4 Å². The van der Waals surface area contributed by atoms with Crippen LogP contribution >= 0.6 is 0 Å². The van der Waals surface area contributed by atoms with Gasteiger partial charge in [0.25, 0.3) is 0 Å². The van der Waals surface area contributed by atoms with Gasteiger partial charge in [-0.15, -0.1) is 0 Å². The van der Waals surface area contributed by atoms with E-state index in [4.69, 9.17) is 0 Å². The Morgan fingerprint density at radius 1 is 1.00 bits per heavy atom. The molecule has 1 aromatic carbocycles. The second-order valence-electron chi connectivity index (χ2n) is 5.35. The standard InChI is InChI=1S/C17H26N4O3/c1-3-19-15(22)12-20-17(24)14(21-16(23)11-18-2)10-9-13-7-5-4-6-8-13/h4-8,14,18H,3,9-12H2,1-2H3,(H,19,22)(H,20,24)(H,21,23)/t14-/m0/s1. The number of carbonyl (C=O) groups excluding carboxylic acids is 3. The molecule has 3 amide bonds. The van der Waals surface area contributed by atoms with Crippen molar-refractivity contribution in [1.29, 1.82) is 0 Å². The van der Waals surface area contributed by atoms with E-state index < -0.39 is 6.04 Å². The maximum absolute atomic E-state index is 12.3. The Kier molecular flexibility index (Phi) is 9.14. The van der Waals surface area contributed by atoms with Crippen LogP contribution in [0.3, 0.4) is 0 Å². The largest absolute Gasteiger partial charge is 0.355 e. The minimum atomic E-state index is -0.680. The van der Waals surface area contributed by atoms with Gasteiger partial charge in [-0.25, -0.2) is 0 Å². The fourth-order valence-corrected chi connectivity index (χ4v) is 2.18. The van der Waals surface area contributed by atoms with Gasteiger partial charge in [-0.2, -0.15) is 0 Å². The molecular formula is C17H26N4O3. The molecule has 0 saturated carbocycles. The summed E-state index contributed by atoms with van der Waals surface area (Å²) in [6.45, 7) is 2.34. The van der Waals surface area contributed by atoms with Crippen LogP contribution in [-0.2, 0) is 20.8 Å². The number of hydrogen-bond donors (Lipinski definition) is 4. The summed E-state index contributed by atoms with van der Waals surface area (Å²) in [6.07, 6.45) is 1.11. The van der Waals surface area contributed by atoms with E-state index in [9.17, 15) is 14.4 Å². The minimum absolute atomic E-state index is 0.101. The topological polar surface area (TPSA) is 99.3 Å². The van der Waals surface area contributed by atoms with Crippen LogP contribution in [0.1, 0.15) is 18.9 Å². The van der Waals surface area contributed by atoms with E-state index in [-0.39, 0.29) is 30.8 Å². The van der Waals surface area contributed by atoms with Gasteiger partial charge in [-0.1, -0.05) is 30.3 Å². The Labute approximate surface area is 142 Å². The molecule has 0 aromatic heterocycles. The van der Waals surface area contributed by atoms with Gasteiger partial charge in [-0.05, 0) is 32.4 Å². The van der Waals surface area contributed by atoms with E-state index in [0.717, 1.165) is 5.56 Å². The fourth-order valence-electron chi connectivity index (χ4n) is 2.18. The average molecular weight is 334 g/mol. The summed E-state index contributed by atoms with van der Waals surface area (Å²) in [6, 6.07) is 9.05. The van der Waals surface area contributed by atoms with Gasteiger partial charge >= 0.3 is 0 Å². The van der Waals surface area contributed by atoms with Crippen molar-refractivity contribution in [1.82, 2.24) is 21.3 Å². The van der Waals surface area contributed by atoms with Gasteiger partial charge in [0, 0.05) is 6.54 Å². The summed E-state index contributed by atoms with van der Waals surface area (Å²) in [5.41, 5.74) is 1.09. The van der Waals surface area contributed by atoms with Crippen LogP contribution in [0.4, 0.5) is 0 Å². The normalized spacial score (nSPS) is 11.4. The van der Waals surface area contributed by atoms with E-state index in [0.29, 0.717) is 19.4 Å². The van der Waals surface area contributed by atoms with E-state index in [1.165, 1.54) is 0 Å². The molecule has 0 unspecified atom stereocenters. The molecule has 0 aliphatic heterocycles. The maximum atomic E-state index is 12.3. The summed E-state index contributed by atoms with van der Waals surface area (Å²) in [7, 11) is 1.66. The average Bonchev–Trinajstić information content (AvgIpc) is 2.58. The van der Waals surface area contributed by atoms with Crippen molar-refractivity contribution in [2.24, 2.45) is 0 Å². The first-order chi connectivity index (χ1) is 11.6. The number of nitrogens with one attached hydrogen (secondary N) is 4. The number of benzene rings is 1. The van der Waals surface area contributed by atoms with Crippen molar-refractivity contribution in [2.75, 3.05) is 26.7 Å². The van der Waals surface area contributed by atoms with E-state index in [1.54, 1.807) is 14.0 Å². The lowest BCUT2D eigenvalue weighted by Gasteiger charge is -2.18. The lowest BCUT2D eigenvalue weighted by molar-refractivity contribution is -0.130. The molecule has 1 atom stereocenters. The number of likely N-dealkylation sites (N-methyl/N-ethyl adjacent to an activating group) is 2. The highest BCUT2D eigenvalue weighted by Crippen LogP contribution is 2.05. The van der Waals surface area contributed by atoms with Crippen LogP contribution in [0.15, 0.2) is 30.3 Å². The molecule has 4 N–H and O–H groups in total. The van der Waals surface area contributed by atoms with Crippen molar-refractivity contribution in [3.05, 3.63) is 35.9 Å². The Morgan fingerprint density at radius 3 is 2.33 bits per heavy atom.